The molecule has 1 N–H and O–H groups in total. The number of hydrogen-bond donors (Lipinski definition) is 1. The number of allylic oxidation sites excluding steroid dienone is 3. The summed E-state index contributed by atoms with van der Waals surface area (Å²) < 4.78 is 12.7. The van der Waals surface area contributed by atoms with Gasteiger partial charge in [0.2, 0.25) is 0 Å². The standard InChI is InChI=1S/C14H14FNO/c15-14-8-5-11(6-9-14)4-7-12-2-1-3-13(12)10-16-17/h4-10,17H,1-3H2. The van der Waals surface area contributed by atoms with E-state index in [2.05, 4.69) is 5.16 Å². The Hall–Kier alpha value is -1.90. The summed E-state index contributed by atoms with van der Waals surface area (Å²) in [5.41, 5.74) is 3.23. The number of oxime groups is 1. The number of hydrogen-bond acceptors (Lipinski definition) is 2. The Morgan fingerprint density at radius 2 is 1.76 bits per heavy atom. The van der Waals surface area contributed by atoms with Crippen molar-refractivity contribution in [1.82, 2.24) is 0 Å². The van der Waals surface area contributed by atoms with E-state index in [4.69, 9.17) is 5.21 Å². The quantitative estimate of drug-likeness (QED) is 0.479. The van der Waals surface area contributed by atoms with Crippen LogP contribution in [0.1, 0.15) is 24.8 Å². The van der Waals surface area contributed by atoms with Crippen molar-refractivity contribution >= 4 is 12.3 Å². The van der Waals surface area contributed by atoms with Gasteiger partial charge in [-0.1, -0.05) is 29.4 Å². The van der Waals surface area contributed by atoms with Gasteiger partial charge in [0, 0.05) is 0 Å². The molecular formula is C14H14FNO. The fourth-order valence-electron chi connectivity index (χ4n) is 1.97. The van der Waals surface area contributed by atoms with Gasteiger partial charge < -0.3 is 5.21 Å². The van der Waals surface area contributed by atoms with Crippen LogP contribution < -0.4 is 0 Å². The lowest BCUT2D eigenvalue weighted by molar-refractivity contribution is 0.321. The van der Waals surface area contributed by atoms with Crippen LogP contribution >= 0.6 is 0 Å². The molecule has 0 aliphatic heterocycles. The predicted molar refractivity (Wildman–Crippen MR) is 66.6 cm³/mol. The Morgan fingerprint density at radius 3 is 2.47 bits per heavy atom. The molecule has 0 unspecified atom stereocenters. The number of rotatable bonds is 3. The summed E-state index contributed by atoms with van der Waals surface area (Å²) in [6.07, 6.45) is 8.50. The third-order valence-corrected chi connectivity index (χ3v) is 2.87. The second-order valence-electron chi connectivity index (χ2n) is 4.03. The van der Waals surface area contributed by atoms with E-state index in [1.807, 2.05) is 12.2 Å². The van der Waals surface area contributed by atoms with Gasteiger partial charge in [0.15, 0.2) is 0 Å². The van der Waals surface area contributed by atoms with E-state index in [1.54, 1.807) is 12.1 Å². The van der Waals surface area contributed by atoms with Crippen molar-refractivity contribution in [1.29, 1.82) is 0 Å². The number of halogens is 1. The van der Waals surface area contributed by atoms with E-state index in [0.29, 0.717) is 0 Å². The zero-order valence-electron chi connectivity index (χ0n) is 9.44. The maximum atomic E-state index is 12.7. The molecule has 17 heavy (non-hydrogen) atoms. The Balaban J connectivity index is 2.15. The van der Waals surface area contributed by atoms with Crippen molar-refractivity contribution < 1.29 is 9.60 Å². The van der Waals surface area contributed by atoms with Gasteiger partial charge in [-0.05, 0) is 48.1 Å². The monoisotopic (exact) mass is 231 g/mol. The van der Waals surface area contributed by atoms with Gasteiger partial charge in [-0.25, -0.2) is 4.39 Å². The lowest BCUT2D eigenvalue weighted by atomic mass is 10.1. The highest BCUT2D eigenvalue weighted by atomic mass is 19.1. The Bertz CT molecular complexity index is 472. The number of benzene rings is 1. The molecule has 0 saturated heterocycles. The SMILES string of the molecule is ON=CC1=C(C=Cc2ccc(F)cc2)CCC1. The highest BCUT2D eigenvalue weighted by molar-refractivity contribution is 5.81. The predicted octanol–water partition coefficient (Wildman–Crippen LogP) is 3.78. The van der Waals surface area contributed by atoms with Crippen LogP contribution in [0.2, 0.25) is 0 Å². The van der Waals surface area contributed by atoms with Crippen molar-refractivity contribution in [2.45, 2.75) is 19.3 Å². The second-order valence-corrected chi connectivity index (χ2v) is 4.03. The molecule has 0 atom stereocenters. The normalized spacial score (nSPS) is 16.5. The largest absolute Gasteiger partial charge is 0.411 e. The van der Waals surface area contributed by atoms with Gasteiger partial charge in [0.1, 0.15) is 5.82 Å². The van der Waals surface area contributed by atoms with E-state index in [9.17, 15) is 4.39 Å². The van der Waals surface area contributed by atoms with Crippen LogP contribution in [-0.2, 0) is 0 Å². The third-order valence-electron chi connectivity index (χ3n) is 2.87. The molecule has 0 aromatic heterocycles. The fraction of sp³-hybridized carbons (Fsp3) is 0.214. The van der Waals surface area contributed by atoms with Crippen LogP contribution in [0.5, 0.6) is 0 Å². The topological polar surface area (TPSA) is 32.6 Å². The van der Waals surface area contributed by atoms with Crippen molar-refractivity contribution in [3.63, 3.8) is 0 Å². The maximum Gasteiger partial charge on any atom is 0.123 e. The summed E-state index contributed by atoms with van der Waals surface area (Å²) in [6, 6.07) is 6.36. The third kappa shape index (κ3) is 3.03. The van der Waals surface area contributed by atoms with Gasteiger partial charge in [0.25, 0.3) is 0 Å². The first-order valence-corrected chi connectivity index (χ1v) is 5.63. The molecule has 1 aliphatic carbocycles. The molecule has 0 fully saturated rings. The zero-order chi connectivity index (χ0) is 12.1. The lowest BCUT2D eigenvalue weighted by Crippen LogP contribution is -1.82. The Kier molecular flexibility index (Phi) is 3.70. The summed E-state index contributed by atoms with van der Waals surface area (Å²) in [5.74, 6) is -0.227. The van der Waals surface area contributed by atoms with Crippen LogP contribution in [0.3, 0.4) is 0 Å². The van der Waals surface area contributed by atoms with Crippen LogP contribution in [0.25, 0.3) is 6.08 Å². The minimum atomic E-state index is -0.227. The maximum absolute atomic E-state index is 12.7. The van der Waals surface area contributed by atoms with Crippen molar-refractivity contribution in [3.05, 3.63) is 52.9 Å². The molecule has 3 heteroatoms. The Morgan fingerprint density at radius 1 is 1.06 bits per heavy atom. The zero-order valence-corrected chi connectivity index (χ0v) is 9.44. The minimum Gasteiger partial charge on any atom is -0.411 e. The molecule has 0 heterocycles. The van der Waals surface area contributed by atoms with E-state index in [0.717, 1.165) is 30.4 Å². The molecule has 0 radical (unpaired) electrons. The molecule has 1 aromatic rings. The second kappa shape index (κ2) is 5.43. The smallest absolute Gasteiger partial charge is 0.123 e. The molecular weight excluding hydrogens is 217 g/mol. The summed E-state index contributed by atoms with van der Waals surface area (Å²) in [5, 5.41) is 11.6. The molecule has 2 rings (SSSR count). The number of nitrogens with zero attached hydrogens (tertiary/aromatic N) is 1. The van der Waals surface area contributed by atoms with Crippen molar-refractivity contribution in [3.8, 4) is 0 Å². The highest BCUT2D eigenvalue weighted by Crippen LogP contribution is 2.26. The molecule has 0 spiro atoms. The Labute approximate surface area is 99.8 Å². The minimum absolute atomic E-state index is 0.227. The molecule has 1 aliphatic rings. The average molecular weight is 231 g/mol. The van der Waals surface area contributed by atoms with Crippen molar-refractivity contribution in [2.75, 3.05) is 0 Å². The van der Waals surface area contributed by atoms with Crippen LogP contribution in [-0.4, -0.2) is 11.4 Å². The first kappa shape index (κ1) is 11.6. The van der Waals surface area contributed by atoms with E-state index in [1.165, 1.54) is 23.9 Å². The lowest BCUT2D eigenvalue weighted by Gasteiger charge is -1.96. The van der Waals surface area contributed by atoms with Gasteiger partial charge in [-0.3, -0.25) is 0 Å². The van der Waals surface area contributed by atoms with Crippen molar-refractivity contribution in [2.24, 2.45) is 5.16 Å². The van der Waals surface area contributed by atoms with E-state index < -0.39 is 0 Å². The van der Waals surface area contributed by atoms with Crippen LogP contribution in [0.4, 0.5) is 4.39 Å². The molecule has 0 amide bonds. The van der Waals surface area contributed by atoms with E-state index >= 15 is 0 Å². The molecule has 0 bridgehead atoms. The first-order chi connectivity index (χ1) is 8.29. The summed E-state index contributed by atoms with van der Waals surface area (Å²) >= 11 is 0. The average Bonchev–Trinajstić information content (AvgIpc) is 2.77. The molecule has 1 aromatic carbocycles. The van der Waals surface area contributed by atoms with Gasteiger partial charge in [-0.15, -0.1) is 0 Å². The van der Waals surface area contributed by atoms with Gasteiger partial charge in [-0.2, -0.15) is 0 Å². The van der Waals surface area contributed by atoms with E-state index in [-0.39, 0.29) is 5.82 Å². The van der Waals surface area contributed by atoms with Crippen LogP contribution in [0.15, 0.2) is 46.6 Å². The fourth-order valence-corrected chi connectivity index (χ4v) is 1.97. The molecule has 88 valence electrons. The first-order valence-electron chi connectivity index (χ1n) is 5.63. The van der Waals surface area contributed by atoms with Crippen LogP contribution in [0, 0.1) is 5.82 Å². The van der Waals surface area contributed by atoms with Gasteiger partial charge >= 0.3 is 0 Å². The summed E-state index contributed by atoms with van der Waals surface area (Å²) in [7, 11) is 0. The highest BCUT2D eigenvalue weighted by Gasteiger charge is 2.10. The molecule has 2 nitrogen and oxygen atoms in total. The molecule has 0 saturated carbocycles. The van der Waals surface area contributed by atoms with Gasteiger partial charge in [0.05, 0.1) is 6.21 Å². The summed E-state index contributed by atoms with van der Waals surface area (Å²) in [6.45, 7) is 0. The summed E-state index contributed by atoms with van der Waals surface area (Å²) in [4.78, 5) is 0.